The first-order chi connectivity index (χ1) is 15.0. The lowest BCUT2D eigenvalue weighted by Gasteiger charge is -2.31. The number of fused-ring (bicyclic) bond motifs is 1. The lowest BCUT2D eigenvalue weighted by molar-refractivity contribution is -0.124. The summed E-state index contributed by atoms with van der Waals surface area (Å²) < 4.78 is 0. The molecular formula is C23H17ClN4O3. The van der Waals surface area contributed by atoms with Crippen molar-refractivity contribution < 1.29 is 14.4 Å². The Hall–Kier alpha value is -3.71. The average Bonchev–Trinajstić information content (AvgIpc) is 3.24. The summed E-state index contributed by atoms with van der Waals surface area (Å²) in [4.78, 5) is 43.5. The van der Waals surface area contributed by atoms with E-state index in [9.17, 15) is 14.4 Å². The van der Waals surface area contributed by atoms with Crippen molar-refractivity contribution >= 4 is 29.4 Å². The van der Waals surface area contributed by atoms with Gasteiger partial charge >= 0.3 is 6.03 Å². The van der Waals surface area contributed by atoms with E-state index >= 15 is 0 Å². The number of pyridine rings is 1. The number of hydrogen-bond donors (Lipinski definition) is 2. The van der Waals surface area contributed by atoms with Crippen LogP contribution in [0.2, 0.25) is 5.02 Å². The van der Waals surface area contributed by atoms with Gasteiger partial charge in [0.15, 0.2) is 5.54 Å². The van der Waals surface area contributed by atoms with Gasteiger partial charge in [0, 0.05) is 29.5 Å². The lowest BCUT2D eigenvalue weighted by atomic mass is 9.88. The standard InChI is InChI=1S/C23H17ClN4O3/c24-18-6-3-16-12-28(20(29)19(16)11-18)13-23(21(30)26-22(31)27-23)17-4-1-14(2-5-17)15-7-9-25-10-8-15/h1-11H,12-13H2,(H2,26,27,30,31). The Morgan fingerprint density at radius 1 is 0.968 bits per heavy atom. The first-order valence-corrected chi connectivity index (χ1v) is 10.1. The monoisotopic (exact) mass is 432 g/mol. The Morgan fingerprint density at radius 3 is 2.35 bits per heavy atom. The van der Waals surface area contributed by atoms with Crippen LogP contribution in [-0.4, -0.2) is 34.3 Å². The molecule has 2 N–H and O–H groups in total. The quantitative estimate of drug-likeness (QED) is 0.620. The zero-order valence-corrected chi connectivity index (χ0v) is 17.0. The van der Waals surface area contributed by atoms with Gasteiger partial charge in [-0.3, -0.25) is 19.9 Å². The summed E-state index contributed by atoms with van der Waals surface area (Å²) in [6, 6.07) is 15.7. The Kier molecular flexibility index (Phi) is 4.48. The van der Waals surface area contributed by atoms with Crippen molar-refractivity contribution in [2.45, 2.75) is 12.1 Å². The normalized spacial score (nSPS) is 19.9. The van der Waals surface area contributed by atoms with Crippen LogP contribution in [0.5, 0.6) is 0 Å². The minimum Gasteiger partial charge on any atom is -0.331 e. The lowest BCUT2D eigenvalue weighted by Crippen LogP contribution is -2.52. The fourth-order valence-corrected chi connectivity index (χ4v) is 4.31. The van der Waals surface area contributed by atoms with E-state index in [-0.39, 0.29) is 12.5 Å². The number of halogens is 1. The van der Waals surface area contributed by atoms with Crippen LogP contribution in [0.25, 0.3) is 11.1 Å². The molecule has 8 heteroatoms. The Balaban J connectivity index is 1.49. The van der Waals surface area contributed by atoms with E-state index < -0.39 is 17.5 Å². The largest absolute Gasteiger partial charge is 0.331 e. The molecule has 154 valence electrons. The molecule has 1 saturated heterocycles. The molecule has 1 atom stereocenters. The molecule has 2 aliphatic heterocycles. The molecule has 1 aromatic heterocycles. The molecule has 3 aromatic rings. The van der Waals surface area contributed by atoms with Crippen LogP contribution in [-0.2, 0) is 16.9 Å². The highest BCUT2D eigenvalue weighted by molar-refractivity contribution is 6.31. The van der Waals surface area contributed by atoms with E-state index in [4.69, 9.17) is 11.6 Å². The number of nitrogens with zero attached hydrogens (tertiary/aromatic N) is 2. The molecule has 0 bridgehead atoms. The third kappa shape index (κ3) is 3.23. The van der Waals surface area contributed by atoms with Gasteiger partial charge in [-0.25, -0.2) is 4.79 Å². The molecule has 0 spiro atoms. The van der Waals surface area contributed by atoms with Crippen LogP contribution in [0.15, 0.2) is 67.0 Å². The molecule has 3 heterocycles. The van der Waals surface area contributed by atoms with Crippen molar-refractivity contribution in [2.24, 2.45) is 0 Å². The maximum absolute atomic E-state index is 13.0. The van der Waals surface area contributed by atoms with Gasteiger partial charge in [0.25, 0.3) is 11.8 Å². The fraction of sp³-hybridized carbons (Fsp3) is 0.130. The van der Waals surface area contributed by atoms with Gasteiger partial charge < -0.3 is 10.2 Å². The summed E-state index contributed by atoms with van der Waals surface area (Å²) in [5, 5.41) is 5.54. The molecule has 0 radical (unpaired) electrons. The van der Waals surface area contributed by atoms with Gasteiger partial charge in [0.1, 0.15) is 0 Å². The molecule has 0 saturated carbocycles. The zero-order valence-electron chi connectivity index (χ0n) is 16.3. The van der Waals surface area contributed by atoms with E-state index in [1.54, 1.807) is 47.6 Å². The molecular weight excluding hydrogens is 416 g/mol. The zero-order chi connectivity index (χ0) is 21.6. The van der Waals surface area contributed by atoms with Crippen molar-refractivity contribution in [2.75, 3.05) is 6.54 Å². The van der Waals surface area contributed by atoms with Crippen LogP contribution >= 0.6 is 11.6 Å². The SMILES string of the molecule is O=C1NC(=O)C(CN2Cc3ccc(Cl)cc3C2=O)(c2ccc(-c3ccncc3)cc2)N1. The predicted octanol–water partition coefficient (Wildman–Crippen LogP) is 3.09. The Labute approximate surface area is 183 Å². The number of hydrogen-bond acceptors (Lipinski definition) is 4. The van der Waals surface area contributed by atoms with E-state index in [0.29, 0.717) is 22.7 Å². The van der Waals surface area contributed by atoms with E-state index in [0.717, 1.165) is 16.7 Å². The molecule has 7 nitrogen and oxygen atoms in total. The molecule has 5 rings (SSSR count). The Bertz CT molecular complexity index is 1210. The number of rotatable bonds is 4. The summed E-state index contributed by atoms with van der Waals surface area (Å²) in [5.74, 6) is -0.713. The second-order valence-electron chi connectivity index (χ2n) is 7.59. The number of urea groups is 1. The van der Waals surface area contributed by atoms with Crippen LogP contribution in [0, 0.1) is 0 Å². The van der Waals surface area contributed by atoms with Gasteiger partial charge in [0.05, 0.1) is 6.54 Å². The minimum absolute atomic E-state index is 0.00428. The minimum atomic E-state index is -1.38. The number of benzene rings is 2. The maximum atomic E-state index is 13.0. The first kappa shape index (κ1) is 19.3. The van der Waals surface area contributed by atoms with Crippen molar-refractivity contribution in [3.05, 3.63) is 88.7 Å². The van der Waals surface area contributed by atoms with E-state index in [1.165, 1.54) is 0 Å². The highest BCUT2D eigenvalue weighted by atomic mass is 35.5. The van der Waals surface area contributed by atoms with E-state index in [1.807, 2.05) is 24.3 Å². The van der Waals surface area contributed by atoms with Gasteiger partial charge in [0.2, 0.25) is 0 Å². The highest BCUT2D eigenvalue weighted by Gasteiger charge is 2.50. The summed E-state index contributed by atoms with van der Waals surface area (Å²) in [5.41, 5.74) is 2.50. The smallest absolute Gasteiger partial charge is 0.322 e. The van der Waals surface area contributed by atoms with Crippen molar-refractivity contribution in [1.82, 2.24) is 20.5 Å². The summed E-state index contributed by atoms with van der Waals surface area (Å²) >= 11 is 6.04. The summed E-state index contributed by atoms with van der Waals surface area (Å²) in [7, 11) is 0. The van der Waals surface area contributed by atoms with Crippen LogP contribution < -0.4 is 10.6 Å². The summed E-state index contributed by atoms with van der Waals surface area (Å²) in [6.07, 6.45) is 3.41. The molecule has 2 aromatic carbocycles. The topological polar surface area (TPSA) is 91.4 Å². The fourth-order valence-electron chi connectivity index (χ4n) is 4.14. The van der Waals surface area contributed by atoms with Crippen LogP contribution in [0.1, 0.15) is 21.5 Å². The molecule has 1 fully saturated rings. The third-order valence-electron chi connectivity index (χ3n) is 5.71. The molecule has 4 amide bonds. The molecule has 31 heavy (non-hydrogen) atoms. The first-order valence-electron chi connectivity index (χ1n) is 9.68. The van der Waals surface area contributed by atoms with Crippen molar-refractivity contribution in [1.29, 1.82) is 0 Å². The summed E-state index contributed by atoms with van der Waals surface area (Å²) in [6.45, 7) is 0.343. The van der Waals surface area contributed by atoms with Crippen LogP contribution in [0.4, 0.5) is 4.79 Å². The van der Waals surface area contributed by atoms with E-state index in [2.05, 4.69) is 15.6 Å². The number of imide groups is 1. The van der Waals surface area contributed by atoms with Crippen molar-refractivity contribution in [3.63, 3.8) is 0 Å². The van der Waals surface area contributed by atoms with Crippen LogP contribution in [0.3, 0.4) is 0 Å². The molecule has 1 unspecified atom stereocenters. The van der Waals surface area contributed by atoms with Gasteiger partial charge in [-0.05, 0) is 46.5 Å². The number of aromatic nitrogens is 1. The molecule has 0 aliphatic carbocycles. The number of carbonyl (C=O) groups is 3. The Morgan fingerprint density at radius 2 is 1.68 bits per heavy atom. The number of nitrogens with one attached hydrogen (secondary N) is 2. The second-order valence-corrected chi connectivity index (χ2v) is 8.03. The van der Waals surface area contributed by atoms with Crippen molar-refractivity contribution in [3.8, 4) is 11.1 Å². The highest BCUT2D eigenvalue weighted by Crippen LogP contribution is 2.33. The third-order valence-corrected chi connectivity index (χ3v) is 5.95. The average molecular weight is 433 g/mol. The van der Waals surface area contributed by atoms with Gasteiger partial charge in [-0.15, -0.1) is 0 Å². The van der Waals surface area contributed by atoms with Gasteiger partial charge in [-0.2, -0.15) is 0 Å². The van der Waals surface area contributed by atoms with Gasteiger partial charge in [-0.1, -0.05) is 41.9 Å². The molecule has 2 aliphatic rings. The second kappa shape index (κ2) is 7.21. The maximum Gasteiger partial charge on any atom is 0.322 e. The number of amides is 4. The predicted molar refractivity (Wildman–Crippen MR) is 114 cm³/mol. The number of carbonyl (C=O) groups excluding carboxylic acids is 3.